The molecule has 2 aromatic rings. The molecule has 0 unspecified atom stereocenters. The van der Waals surface area contributed by atoms with Crippen molar-refractivity contribution < 1.29 is 19.0 Å². The lowest BCUT2D eigenvalue weighted by Gasteiger charge is -2.18. The molecule has 1 heterocycles. The van der Waals surface area contributed by atoms with Crippen LogP contribution in [0.1, 0.15) is 18.6 Å². The van der Waals surface area contributed by atoms with Crippen LogP contribution in [0.2, 0.25) is 0 Å². The minimum Gasteiger partial charge on any atom is -0.457 e. The quantitative estimate of drug-likeness (QED) is 0.782. The van der Waals surface area contributed by atoms with Gasteiger partial charge in [-0.3, -0.25) is 0 Å². The van der Waals surface area contributed by atoms with Crippen LogP contribution in [0.5, 0.6) is 11.5 Å². The molecular weight excluding hydrogens is 280 g/mol. The Hall–Kier alpha value is -2.59. The van der Waals surface area contributed by atoms with E-state index in [0.717, 1.165) is 17.1 Å². The fraction of sp³-hybridized carbons (Fsp3) is 0.167. The standard InChI is InChI=1S/C18H16O4/c1-13(20-18-11-10-17(19)22-18)14-6-5-9-16(12-14)21-15-7-3-2-4-8-15/h2-13,18H,1H3/t13-,18-/m0/s1. The summed E-state index contributed by atoms with van der Waals surface area (Å²) in [5.74, 6) is 1.14. The summed E-state index contributed by atoms with van der Waals surface area (Å²) in [6.45, 7) is 1.90. The molecule has 4 nitrogen and oxygen atoms in total. The highest BCUT2D eigenvalue weighted by Gasteiger charge is 2.20. The molecule has 0 saturated heterocycles. The van der Waals surface area contributed by atoms with E-state index in [4.69, 9.17) is 14.2 Å². The van der Waals surface area contributed by atoms with Crippen molar-refractivity contribution in [1.82, 2.24) is 0 Å². The highest BCUT2D eigenvalue weighted by atomic mass is 16.7. The summed E-state index contributed by atoms with van der Waals surface area (Å²) in [7, 11) is 0. The third kappa shape index (κ3) is 3.54. The van der Waals surface area contributed by atoms with Crippen molar-refractivity contribution in [2.45, 2.75) is 19.3 Å². The third-order valence-corrected chi connectivity index (χ3v) is 3.27. The van der Waals surface area contributed by atoms with E-state index in [9.17, 15) is 4.79 Å². The first-order chi connectivity index (χ1) is 10.7. The normalized spacial score (nSPS) is 18.0. The molecule has 2 aromatic carbocycles. The summed E-state index contributed by atoms with van der Waals surface area (Å²) in [4.78, 5) is 11.0. The van der Waals surface area contributed by atoms with Crippen molar-refractivity contribution >= 4 is 5.97 Å². The van der Waals surface area contributed by atoms with Crippen LogP contribution in [-0.4, -0.2) is 12.3 Å². The molecule has 0 saturated carbocycles. The Morgan fingerprint density at radius 1 is 1.05 bits per heavy atom. The van der Waals surface area contributed by atoms with Crippen LogP contribution in [-0.2, 0) is 14.3 Å². The lowest BCUT2D eigenvalue weighted by Crippen LogP contribution is -2.14. The van der Waals surface area contributed by atoms with E-state index in [0.29, 0.717) is 0 Å². The Labute approximate surface area is 128 Å². The van der Waals surface area contributed by atoms with Crippen LogP contribution in [0.4, 0.5) is 0 Å². The summed E-state index contributed by atoms with van der Waals surface area (Å²) < 4.78 is 16.5. The number of rotatable bonds is 5. The second-order valence-corrected chi connectivity index (χ2v) is 4.93. The van der Waals surface area contributed by atoms with Gasteiger partial charge >= 0.3 is 5.97 Å². The van der Waals surface area contributed by atoms with Gasteiger partial charge < -0.3 is 14.2 Å². The predicted octanol–water partition coefficient (Wildman–Crippen LogP) is 4.00. The minimum atomic E-state index is -0.624. The molecular formula is C18H16O4. The molecule has 3 rings (SSSR count). The third-order valence-electron chi connectivity index (χ3n) is 3.27. The molecule has 4 heteroatoms. The zero-order valence-electron chi connectivity index (χ0n) is 12.1. The second-order valence-electron chi connectivity index (χ2n) is 4.93. The molecule has 0 aliphatic carbocycles. The molecule has 1 aliphatic rings. The monoisotopic (exact) mass is 296 g/mol. The Morgan fingerprint density at radius 3 is 2.55 bits per heavy atom. The Bertz CT molecular complexity index is 678. The van der Waals surface area contributed by atoms with Crippen LogP contribution in [0, 0.1) is 0 Å². The number of esters is 1. The lowest BCUT2D eigenvalue weighted by molar-refractivity contribution is -0.165. The number of hydrogen-bond acceptors (Lipinski definition) is 4. The van der Waals surface area contributed by atoms with Gasteiger partial charge in [-0.05, 0) is 42.8 Å². The van der Waals surface area contributed by atoms with E-state index in [1.807, 2.05) is 61.5 Å². The molecule has 1 aliphatic heterocycles. The smallest absolute Gasteiger partial charge is 0.333 e. The first kappa shape index (κ1) is 14.4. The van der Waals surface area contributed by atoms with Gasteiger partial charge in [-0.25, -0.2) is 4.79 Å². The van der Waals surface area contributed by atoms with E-state index in [2.05, 4.69) is 0 Å². The van der Waals surface area contributed by atoms with Crippen molar-refractivity contribution in [3.05, 3.63) is 72.3 Å². The summed E-state index contributed by atoms with van der Waals surface area (Å²) in [5, 5.41) is 0. The second kappa shape index (κ2) is 6.45. The van der Waals surface area contributed by atoms with Gasteiger partial charge in [-0.1, -0.05) is 30.3 Å². The number of carbonyl (C=O) groups excluding carboxylic acids is 1. The molecule has 0 amide bonds. The van der Waals surface area contributed by atoms with E-state index >= 15 is 0 Å². The summed E-state index contributed by atoms with van der Waals surface area (Å²) >= 11 is 0. The molecule has 0 radical (unpaired) electrons. The van der Waals surface area contributed by atoms with Gasteiger partial charge in [0.15, 0.2) is 0 Å². The zero-order valence-corrected chi connectivity index (χ0v) is 12.1. The SMILES string of the molecule is C[C@H](O[C@@H]1C=CC(=O)O1)c1cccc(Oc2ccccc2)c1. The van der Waals surface area contributed by atoms with Crippen molar-refractivity contribution in [3.63, 3.8) is 0 Å². The van der Waals surface area contributed by atoms with E-state index in [1.54, 1.807) is 6.08 Å². The van der Waals surface area contributed by atoms with Crippen molar-refractivity contribution in [1.29, 1.82) is 0 Å². The van der Waals surface area contributed by atoms with Gasteiger partial charge in [0.05, 0.1) is 6.10 Å². The predicted molar refractivity (Wildman–Crippen MR) is 81.5 cm³/mol. The number of ether oxygens (including phenoxy) is 3. The summed E-state index contributed by atoms with van der Waals surface area (Å²) in [6, 6.07) is 17.2. The molecule has 0 bridgehead atoms. The maximum absolute atomic E-state index is 11.0. The molecule has 0 aromatic heterocycles. The van der Waals surface area contributed by atoms with Gasteiger partial charge in [0, 0.05) is 6.08 Å². The first-order valence-corrected chi connectivity index (χ1v) is 7.08. The topological polar surface area (TPSA) is 44.8 Å². The molecule has 112 valence electrons. The van der Waals surface area contributed by atoms with Crippen LogP contribution in [0.15, 0.2) is 66.7 Å². The fourth-order valence-corrected chi connectivity index (χ4v) is 2.16. The van der Waals surface area contributed by atoms with Crippen LogP contribution in [0.25, 0.3) is 0 Å². The van der Waals surface area contributed by atoms with Gasteiger partial charge in [0.2, 0.25) is 6.29 Å². The van der Waals surface area contributed by atoms with Crippen molar-refractivity contribution in [2.24, 2.45) is 0 Å². The lowest BCUT2D eigenvalue weighted by atomic mass is 10.1. The Morgan fingerprint density at radius 2 is 1.82 bits per heavy atom. The van der Waals surface area contributed by atoms with Gasteiger partial charge in [0.1, 0.15) is 11.5 Å². The van der Waals surface area contributed by atoms with Crippen molar-refractivity contribution in [3.8, 4) is 11.5 Å². The minimum absolute atomic E-state index is 0.222. The maximum atomic E-state index is 11.0. The van der Waals surface area contributed by atoms with Gasteiger partial charge in [0.25, 0.3) is 0 Å². The average Bonchev–Trinajstić information content (AvgIpc) is 2.93. The summed E-state index contributed by atoms with van der Waals surface area (Å²) in [6.07, 6.45) is 2.12. The van der Waals surface area contributed by atoms with Crippen LogP contribution < -0.4 is 4.74 Å². The Balaban J connectivity index is 1.68. The van der Waals surface area contributed by atoms with Crippen LogP contribution >= 0.6 is 0 Å². The van der Waals surface area contributed by atoms with Gasteiger partial charge in [-0.2, -0.15) is 0 Å². The maximum Gasteiger partial charge on any atom is 0.333 e. The number of carbonyl (C=O) groups is 1. The van der Waals surface area contributed by atoms with Crippen molar-refractivity contribution in [2.75, 3.05) is 0 Å². The van der Waals surface area contributed by atoms with E-state index < -0.39 is 6.29 Å². The largest absolute Gasteiger partial charge is 0.457 e. The fourth-order valence-electron chi connectivity index (χ4n) is 2.16. The molecule has 0 fully saturated rings. The van der Waals surface area contributed by atoms with E-state index in [-0.39, 0.29) is 12.1 Å². The highest BCUT2D eigenvalue weighted by Crippen LogP contribution is 2.27. The van der Waals surface area contributed by atoms with Gasteiger partial charge in [-0.15, -0.1) is 0 Å². The number of benzene rings is 2. The highest BCUT2D eigenvalue weighted by molar-refractivity contribution is 5.84. The Kier molecular flexibility index (Phi) is 4.21. The first-order valence-electron chi connectivity index (χ1n) is 7.08. The van der Waals surface area contributed by atoms with Crippen LogP contribution in [0.3, 0.4) is 0 Å². The number of hydrogen-bond donors (Lipinski definition) is 0. The number of para-hydroxylation sites is 1. The molecule has 0 N–H and O–H groups in total. The van der Waals surface area contributed by atoms with E-state index in [1.165, 1.54) is 6.08 Å². The molecule has 0 spiro atoms. The summed E-state index contributed by atoms with van der Waals surface area (Å²) in [5.41, 5.74) is 0.949. The zero-order chi connectivity index (χ0) is 15.4. The molecule has 2 atom stereocenters. The number of cyclic esters (lactones) is 1. The molecule has 22 heavy (non-hydrogen) atoms. The average molecular weight is 296 g/mol.